The number of ether oxygens (including phenoxy) is 1. The molecule has 1 atom stereocenters. The van der Waals surface area contributed by atoms with E-state index in [-0.39, 0.29) is 18.0 Å². The number of benzene rings is 1. The molecule has 3 heterocycles. The molecule has 0 bridgehead atoms. The number of esters is 1. The SMILES string of the molecule is O=C(OCCc1ccco1)[C@@H]1CCCN1S(=O)(=O)c1cccc2nsnc12. The zero-order valence-electron chi connectivity index (χ0n) is 14.3. The van der Waals surface area contributed by atoms with Crippen LogP contribution in [0, 0.1) is 0 Å². The van der Waals surface area contributed by atoms with Gasteiger partial charge in [-0.05, 0) is 37.1 Å². The Balaban J connectivity index is 1.51. The molecule has 1 aliphatic rings. The first kappa shape index (κ1) is 18.1. The molecule has 0 radical (unpaired) electrons. The molecule has 8 nitrogen and oxygen atoms in total. The Morgan fingerprint density at radius 1 is 1.30 bits per heavy atom. The quantitative estimate of drug-likeness (QED) is 0.577. The minimum Gasteiger partial charge on any atom is -0.469 e. The Kier molecular flexibility index (Phi) is 4.94. The van der Waals surface area contributed by atoms with Gasteiger partial charge in [0.2, 0.25) is 10.0 Å². The van der Waals surface area contributed by atoms with Crippen LogP contribution in [0.2, 0.25) is 0 Å². The maximum atomic E-state index is 13.2. The van der Waals surface area contributed by atoms with Crippen molar-refractivity contribution in [1.82, 2.24) is 13.1 Å². The summed E-state index contributed by atoms with van der Waals surface area (Å²) in [5.41, 5.74) is 0.859. The van der Waals surface area contributed by atoms with E-state index in [2.05, 4.69) is 8.75 Å². The fourth-order valence-corrected chi connectivity index (χ4v) is 5.58. The molecule has 1 fully saturated rings. The van der Waals surface area contributed by atoms with Crippen LogP contribution in [0.15, 0.2) is 45.9 Å². The lowest BCUT2D eigenvalue weighted by atomic mass is 10.2. The Bertz CT molecular complexity index is 1050. The normalized spacial score (nSPS) is 18.1. The van der Waals surface area contributed by atoms with Gasteiger partial charge in [0, 0.05) is 13.0 Å². The van der Waals surface area contributed by atoms with E-state index < -0.39 is 22.0 Å². The van der Waals surface area contributed by atoms with Gasteiger partial charge >= 0.3 is 5.97 Å². The molecule has 1 saturated heterocycles. The molecule has 0 N–H and O–H groups in total. The van der Waals surface area contributed by atoms with Crippen molar-refractivity contribution in [2.24, 2.45) is 0 Å². The third kappa shape index (κ3) is 3.47. The van der Waals surface area contributed by atoms with E-state index in [9.17, 15) is 13.2 Å². The minimum atomic E-state index is -3.88. The van der Waals surface area contributed by atoms with Crippen molar-refractivity contribution in [1.29, 1.82) is 0 Å². The summed E-state index contributed by atoms with van der Waals surface area (Å²) in [6.45, 7) is 0.413. The number of carbonyl (C=O) groups excluding carboxylic acids is 1. The predicted octanol–water partition coefficient (Wildman–Crippen LogP) is 2.22. The Morgan fingerprint density at radius 2 is 2.19 bits per heavy atom. The van der Waals surface area contributed by atoms with Crippen LogP contribution in [-0.2, 0) is 26.0 Å². The maximum absolute atomic E-state index is 13.2. The molecular formula is C17H17N3O5S2. The average molecular weight is 407 g/mol. The van der Waals surface area contributed by atoms with Crippen LogP contribution < -0.4 is 0 Å². The molecule has 0 aliphatic carbocycles. The molecule has 3 aromatic rings. The van der Waals surface area contributed by atoms with Gasteiger partial charge in [-0.2, -0.15) is 13.1 Å². The molecule has 142 valence electrons. The van der Waals surface area contributed by atoms with E-state index >= 15 is 0 Å². The second-order valence-corrected chi connectivity index (χ2v) is 8.55. The van der Waals surface area contributed by atoms with Gasteiger partial charge in [-0.25, -0.2) is 8.42 Å². The number of hydrogen-bond acceptors (Lipinski definition) is 8. The smallest absolute Gasteiger partial charge is 0.324 e. The van der Waals surface area contributed by atoms with Crippen molar-refractivity contribution < 1.29 is 22.4 Å². The van der Waals surface area contributed by atoms with Crippen LogP contribution in [0.1, 0.15) is 18.6 Å². The number of fused-ring (bicyclic) bond motifs is 1. The largest absolute Gasteiger partial charge is 0.469 e. The highest BCUT2D eigenvalue weighted by molar-refractivity contribution is 7.89. The van der Waals surface area contributed by atoms with Crippen molar-refractivity contribution in [3.05, 3.63) is 42.4 Å². The van der Waals surface area contributed by atoms with E-state index in [4.69, 9.17) is 9.15 Å². The number of carbonyl (C=O) groups is 1. The molecule has 0 spiro atoms. The van der Waals surface area contributed by atoms with Crippen molar-refractivity contribution in [2.45, 2.75) is 30.2 Å². The Labute approximate surface area is 160 Å². The molecule has 27 heavy (non-hydrogen) atoms. The van der Waals surface area contributed by atoms with Gasteiger partial charge in [-0.1, -0.05) is 6.07 Å². The summed E-state index contributed by atoms with van der Waals surface area (Å²) < 4.78 is 46.2. The van der Waals surface area contributed by atoms with Crippen LogP contribution in [0.5, 0.6) is 0 Å². The Hall–Kier alpha value is -2.30. The van der Waals surface area contributed by atoms with Gasteiger partial charge in [0.1, 0.15) is 27.7 Å². The number of hydrogen-bond donors (Lipinski definition) is 0. The van der Waals surface area contributed by atoms with Gasteiger partial charge in [0.05, 0.1) is 24.6 Å². The monoisotopic (exact) mass is 407 g/mol. The van der Waals surface area contributed by atoms with Crippen molar-refractivity contribution in [3.63, 3.8) is 0 Å². The van der Waals surface area contributed by atoms with E-state index in [1.54, 1.807) is 30.5 Å². The summed E-state index contributed by atoms with van der Waals surface area (Å²) >= 11 is 0.959. The van der Waals surface area contributed by atoms with E-state index in [1.165, 1.54) is 10.4 Å². The fourth-order valence-electron chi connectivity index (χ4n) is 3.18. The molecule has 10 heteroatoms. The topological polar surface area (TPSA) is 103 Å². The zero-order valence-corrected chi connectivity index (χ0v) is 15.9. The van der Waals surface area contributed by atoms with Crippen LogP contribution >= 0.6 is 11.7 Å². The van der Waals surface area contributed by atoms with Gasteiger partial charge in [-0.3, -0.25) is 4.79 Å². The van der Waals surface area contributed by atoms with E-state index in [0.29, 0.717) is 36.1 Å². The van der Waals surface area contributed by atoms with Crippen molar-refractivity contribution in [3.8, 4) is 0 Å². The molecular weight excluding hydrogens is 390 g/mol. The van der Waals surface area contributed by atoms with E-state index in [1.807, 2.05) is 0 Å². The van der Waals surface area contributed by atoms with Crippen LogP contribution in [0.4, 0.5) is 0 Å². The van der Waals surface area contributed by atoms with Crippen LogP contribution in [0.3, 0.4) is 0 Å². The first-order valence-corrected chi connectivity index (χ1v) is 10.7. The first-order chi connectivity index (χ1) is 13.1. The van der Waals surface area contributed by atoms with Crippen molar-refractivity contribution in [2.75, 3.05) is 13.2 Å². The lowest BCUT2D eigenvalue weighted by Gasteiger charge is -2.22. The fraction of sp³-hybridized carbons (Fsp3) is 0.353. The van der Waals surface area contributed by atoms with Crippen molar-refractivity contribution >= 4 is 38.8 Å². The second kappa shape index (κ2) is 7.37. The molecule has 1 aliphatic heterocycles. The predicted molar refractivity (Wildman–Crippen MR) is 97.7 cm³/mol. The minimum absolute atomic E-state index is 0.0732. The summed E-state index contributed by atoms with van der Waals surface area (Å²) in [7, 11) is -3.88. The lowest BCUT2D eigenvalue weighted by molar-refractivity contribution is -0.147. The molecule has 2 aromatic heterocycles. The maximum Gasteiger partial charge on any atom is 0.324 e. The summed E-state index contributed by atoms with van der Waals surface area (Å²) in [6, 6.07) is 7.56. The third-order valence-electron chi connectivity index (χ3n) is 4.48. The van der Waals surface area contributed by atoms with Gasteiger partial charge < -0.3 is 9.15 Å². The highest BCUT2D eigenvalue weighted by Crippen LogP contribution is 2.30. The van der Waals surface area contributed by atoms with E-state index in [0.717, 1.165) is 11.7 Å². The zero-order chi connectivity index (χ0) is 18.9. The molecule has 0 amide bonds. The van der Waals surface area contributed by atoms with Gasteiger partial charge in [-0.15, -0.1) is 0 Å². The number of sulfonamides is 1. The summed E-state index contributed by atoms with van der Waals surface area (Å²) in [5.74, 6) is 0.174. The van der Waals surface area contributed by atoms with Gasteiger partial charge in [0.25, 0.3) is 0 Å². The van der Waals surface area contributed by atoms with Gasteiger partial charge in [0.15, 0.2) is 0 Å². The molecule has 0 unspecified atom stereocenters. The standard InChI is InChI=1S/C17H17N3O5S2/c21-17(25-11-8-12-4-3-10-24-12)14-6-2-9-20(14)27(22,23)15-7-1-5-13-16(15)19-26-18-13/h1,3-5,7,10,14H,2,6,8-9,11H2/t14-/m0/s1. The first-order valence-electron chi connectivity index (χ1n) is 8.49. The summed E-state index contributed by atoms with van der Waals surface area (Å²) in [5, 5.41) is 0. The molecule has 0 saturated carbocycles. The summed E-state index contributed by atoms with van der Waals surface area (Å²) in [4.78, 5) is 12.6. The molecule has 4 rings (SSSR count). The number of furan rings is 1. The average Bonchev–Trinajstić information content (AvgIpc) is 3.40. The van der Waals surface area contributed by atoms with Crippen LogP contribution in [-0.4, -0.2) is 46.6 Å². The number of nitrogens with zero attached hydrogens (tertiary/aromatic N) is 3. The summed E-state index contributed by atoms with van der Waals surface area (Å²) in [6.07, 6.45) is 3.03. The second-order valence-electron chi connectivity index (χ2n) is 6.16. The number of rotatable bonds is 6. The highest BCUT2D eigenvalue weighted by Gasteiger charge is 2.41. The Morgan fingerprint density at radius 3 is 3.00 bits per heavy atom. The molecule has 1 aromatic carbocycles. The third-order valence-corrected chi connectivity index (χ3v) is 6.97. The number of aromatic nitrogens is 2. The highest BCUT2D eigenvalue weighted by atomic mass is 32.2. The lowest BCUT2D eigenvalue weighted by Crippen LogP contribution is -2.41. The van der Waals surface area contributed by atoms with Crippen LogP contribution in [0.25, 0.3) is 11.0 Å².